The van der Waals surface area contributed by atoms with Gasteiger partial charge in [0.2, 0.25) is 0 Å². The summed E-state index contributed by atoms with van der Waals surface area (Å²) in [5, 5.41) is 17.4. The Morgan fingerprint density at radius 3 is 2.65 bits per heavy atom. The second kappa shape index (κ2) is 6.27. The second-order valence-corrected chi connectivity index (χ2v) is 4.50. The standard InChI is InChI=1S/C11H13NO4S/c12-9(11(15)16)6-17-5-7-2-1-3-8(4-7)10(13)14/h1-4,9H,5-6,12H2,(H,13,14)(H,15,16). The third kappa shape index (κ3) is 4.46. The van der Waals surface area contributed by atoms with Crippen molar-refractivity contribution in [3.8, 4) is 0 Å². The average molecular weight is 255 g/mol. The summed E-state index contributed by atoms with van der Waals surface area (Å²) in [6, 6.07) is 5.66. The summed E-state index contributed by atoms with van der Waals surface area (Å²) in [5.74, 6) is -1.16. The number of nitrogens with two attached hydrogens (primary N) is 1. The van der Waals surface area contributed by atoms with E-state index >= 15 is 0 Å². The molecule has 0 bridgehead atoms. The Hall–Kier alpha value is -1.53. The van der Waals surface area contributed by atoms with Gasteiger partial charge in [0.25, 0.3) is 0 Å². The SMILES string of the molecule is NC(CSCc1cccc(C(=O)O)c1)C(=O)O. The molecule has 0 saturated carbocycles. The van der Waals surface area contributed by atoms with E-state index in [2.05, 4.69) is 0 Å². The van der Waals surface area contributed by atoms with Crippen LogP contribution < -0.4 is 5.73 Å². The number of carboxylic acid groups (broad SMARTS) is 2. The van der Waals surface area contributed by atoms with Crippen LogP contribution in [0, 0.1) is 0 Å². The largest absolute Gasteiger partial charge is 0.480 e. The Morgan fingerprint density at radius 2 is 2.06 bits per heavy atom. The first-order valence-electron chi connectivity index (χ1n) is 4.89. The van der Waals surface area contributed by atoms with E-state index in [0.29, 0.717) is 11.5 Å². The first-order valence-corrected chi connectivity index (χ1v) is 6.04. The van der Waals surface area contributed by atoms with Crippen LogP contribution in [0.2, 0.25) is 0 Å². The molecule has 0 aromatic heterocycles. The minimum absolute atomic E-state index is 0.227. The van der Waals surface area contributed by atoms with Crippen LogP contribution in [0.15, 0.2) is 24.3 Å². The monoisotopic (exact) mass is 255 g/mol. The van der Waals surface area contributed by atoms with Crippen LogP contribution in [0.25, 0.3) is 0 Å². The molecule has 4 N–H and O–H groups in total. The van der Waals surface area contributed by atoms with Gasteiger partial charge in [-0.2, -0.15) is 11.8 Å². The zero-order valence-electron chi connectivity index (χ0n) is 9.00. The third-order valence-electron chi connectivity index (χ3n) is 2.06. The highest BCUT2D eigenvalue weighted by molar-refractivity contribution is 7.98. The number of carboxylic acids is 2. The molecule has 0 amide bonds. The minimum Gasteiger partial charge on any atom is -0.480 e. The van der Waals surface area contributed by atoms with Crippen molar-refractivity contribution in [2.24, 2.45) is 5.73 Å². The van der Waals surface area contributed by atoms with Crippen LogP contribution in [-0.4, -0.2) is 33.9 Å². The van der Waals surface area contributed by atoms with Crippen molar-refractivity contribution in [1.82, 2.24) is 0 Å². The molecule has 0 saturated heterocycles. The lowest BCUT2D eigenvalue weighted by molar-refractivity contribution is -0.137. The molecule has 1 aromatic carbocycles. The van der Waals surface area contributed by atoms with Gasteiger partial charge in [-0.3, -0.25) is 4.79 Å². The van der Waals surface area contributed by atoms with Gasteiger partial charge in [-0.15, -0.1) is 0 Å². The van der Waals surface area contributed by atoms with Crippen molar-refractivity contribution in [3.05, 3.63) is 35.4 Å². The van der Waals surface area contributed by atoms with Crippen molar-refractivity contribution in [1.29, 1.82) is 0 Å². The quantitative estimate of drug-likeness (QED) is 0.702. The maximum Gasteiger partial charge on any atom is 0.335 e. The minimum atomic E-state index is -1.03. The van der Waals surface area contributed by atoms with Gasteiger partial charge < -0.3 is 15.9 Å². The average Bonchev–Trinajstić information content (AvgIpc) is 2.29. The molecule has 0 aliphatic rings. The summed E-state index contributed by atoms with van der Waals surface area (Å²) in [6.07, 6.45) is 0. The van der Waals surface area contributed by atoms with E-state index in [4.69, 9.17) is 15.9 Å². The van der Waals surface area contributed by atoms with Gasteiger partial charge in [-0.25, -0.2) is 4.79 Å². The Morgan fingerprint density at radius 1 is 1.35 bits per heavy atom. The van der Waals surface area contributed by atoms with Gasteiger partial charge in [0.1, 0.15) is 6.04 Å². The highest BCUT2D eigenvalue weighted by atomic mass is 32.2. The van der Waals surface area contributed by atoms with Crippen LogP contribution in [0.1, 0.15) is 15.9 Å². The van der Waals surface area contributed by atoms with Crippen molar-refractivity contribution in [2.75, 3.05) is 5.75 Å². The van der Waals surface area contributed by atoms with E-state index in [1.165, 1.54) is 17.8 Å². The molecular formula is C11H13NO4S. The first-order chi connectivity index (χ1) is 8.00. The van der Waals surface area contributed by atoms with E-state index in [-0.39, 0.29) is 5.56 Å². The van der Waals surface area contributed by atoms with Crippen LogP contribution in [-0.2, 0) is 10.5 Å². The van der Waals surface area contributed by atoms with Crippen LogP contribution >= 0.6 is 11.8 Å². The smallest absolute Gasteiger partial charge is 0.335 e. The maximum atomic E-state index is 10.7. The molecule has 92 valence electrons. The van der Waals surface area contributed by atoms with Gasteiger partial charge in [-0.05, 0) is 17.7 Å². The summed E-state index contributed by atoms with van der Waals surface area (Å²) in [7, 11) is 0. The number of aliphatic carboxylic acids is 1. The molecule has 1 unspecified atom stereocenters. The maximum absolute atomic E-state index is 10.7. The molecule has 1 rings (SSSR count). The van der Waals surface area contributed by atoms with E-state index in [1.807, 2.05) is 0 Å². The number of thioether (sulfide) groups is 1. The molecule has 0 spiro atoms. The number of hydrogen-bond acceptors (Lipinski definition) is 4. The van der Waals surface area contributed by atoms with Gasteiger partial charge in [0, 0.05) is 11.5 Å². The molecule has 0 aliphatic heterocycles. The van der Waals surface area contributed by atoms with E-state index in [9.17, 15) is 9.59 Å². The summed E-state index contributed by atoms with van der Waals surface area (Å²) in [5.41, 5.74) is 6.41. The Balaban J connectivity index is 2.49. The van der Waals surface area contributed by atoms with Gasteiger partial charge in [0.05, 0.1) is 5.56 Å². The summed E-state index contributed by atoms with van der Waals surface area (Å²) >= 11 is 1.36. The normalized spacial score (nSPS) is 12.1. The lowest BCUT2D eigenvalue weighted by atomic mass is 10.1. The van der Waals surface area contributed by atoms with Crippen molar-refractivity contribution < 1.29 is 19.8 Å². The number of carbonyl (C=O) groups is 2. The van der Waals surface area contributed by atoms with E-state index in [1.54, 1.807) is 18.2 Å². The predicted octanol–water partition coefficient (Wildman–Crippen LogP) is 1.03. The van der Waals surface area contributed by atoms with E-state index < -0.39 is 18.0 Å². The number of hydrogen-bond donors (Lipinski definition) is 3. The predicted molar refractivity (Wildman–Crippen MR) is 65.2 cm³/mol. The van der Waals surface area contributed by atoms with Crippen LogP contribution in [0.5, 0.6) is 0 Å². The summed E-state index contributed by atoms with van der Waals surface area (Å²) in [6.45, 7) is 0. The van der Waals surface area contributed by atoms with Gasteiger partial charge in [0.15, 0.2) is 0 Å². The molecule has 6 heteroatoms. The molecule has 0 fully saturated rings. The van der Waals surface area contributed by atoms with Crippen molar-refractivity contribution in [3.63, 3.8) is 0 Å². The van der Waals surface area contributed by atoms with Crippen LogP contribution in [0.3, 0.4) is 0 Å². The molecule has 0 radical (unpaired) electrons. The third-order valence-corrected chi connectivity index (χ3v) is 3.19. The van der Waals surface area contributed by atoms with Crippen molar-refractivity contribution >= 4 is 23.7 Å². The fraction of sp³-hybridized carbons (Fsp3) is 0.273. The van der Waals surface area contributed by atoms with Gasteiger partial charge in [-0.1, -0.05) is 12.1 Å². The topological polar surface area (TPSA) is 101 Å². The van der Waals surface area contributed by atoms with Gasteiger partial charge >= 0.3 is 11.9 Å². The number of aromatic carboxylic acids is 1. The molecule has 1 atom stereocenters. The Kier molecular flexibility index (Phi) is 4.99. The first kappa shape index (κ1) is 13.5. The Labute approximate surface area is 103 Å². The molecule has 0 heterocycles. The lowest BCUT2D eigenvalue weighted by Crippen LogP contribution is -2.32. The number of benzene rings is 1. The summed E-state index contributed by atoms with van der Waals surface area (Å²) < 4.78 is 0. The fourth-order valence-corrected chi connectivity index (χ4v) is 2.10. The molecule has 0 aliphatic carbocycles. The molecule has 1 aromatic rings. The zero-order valence-corrected chi connectivity index (χ0v) is 9.81. The second-order valence-electron chi connectivity index (χ2n) is 3.47. The molecule has 5 nitrogen and oxygen atoms in total. The highest BCUT2D eigenvalue weighted by Crippen LogP contribution is 2.14. The molecule has 17 heavy (non-hydrogen) atoms. The fourth-order valence-electron chi connectivity index (χ4n) is 1.17. The number of rotatable bonds is 6. The zero-order chi connectivity index (χ0) is 12.8. The van der Waals surface area contributed by atoms with Crippen molar-refractivity contribution in [2.45, 2.75) is 11.8 Å². The highest BCUT2D eigenvalue weighted by Gasteiger charge is 2.11. The molecular weight excluding hydrogens is 242 g/mol. The van der Waals surface area contributed by atoms with E-state index in [0.717, 1.165) is 5.56 Å². The lowest BCUT2D eigenvalue weighted by Gasteiger charge is -2.06. The summed E-state index contributed by atoms with van der Waals surface area (Å²) in [4.78, 5) is 21.2. The van der Waals surface area contributed by atoms with Crippen LogP contribution in [0.4, 0.5) is 0 Å². The Bertz CT molecular complexity index is 422.